The van der Waals surface area contributed by atoms with Gasteiger partial charge in [-0.15, -0.1) is 0 Å². The fourth-order valence-corrected chi connectivity index (χ4v) is 1.78. The lowest BCUT2D eigenvalue weighted by molar-refractivity contribution is 0.0526. The molecule has 0 aliphatic carbocycles. The van der Waals surface area contributed by atoms with Gasteiger partial charge >= 0.3 is 5.97 Å². The quantitative estimate of drug-likeness (QED) is 0.881. The number of rotatable bonds is 4. The van der Waals surface area contributed by atoms with Crippen LogP contribution in [0, 0.1) is 11.6 Å². The molecular weight excluding hydrogens is 292 g/mol. The molecule has 1 N–H and O–H groups in total. The third-order valence-corrected chi connectivity index (χ3v) is 2.83. The molecule has 0 heterocycles. The van der Waals surface area contributed by atoms with Crippen molar-refractivity contribution in [1.29, 1.82) is 0 Å². The number of hydrogen-bond acceptors (Lipinski definition) is 3. The Morgan fingerprint density at radius 1 is 1.09 bits per heavy atom. The van der Waals surface area contributed by atoms with Gasteiger partial charge in [-0.25, -0.2) is 13.6 Å². The predicted molar refractivity (Wildman–Crippen MR) is 76.7 cm³/mol. The van der Waals surface area contributed by atoms with Gasteiger partial charge in [-0.1, -0.05) is 0 Å². The lowest BCUT2D eigenvalue weighted by Gasteiger charge is -2.07. The van der Waals surface area contributed by atoms with Crippen LogP contribution in [-0.2, 0) is 4.74 Å². The molecule has 1 amide bonds. The summed E-state index contributed by atoms with van der Waals surface area (Å²) in [7, 11) is 0. The first kappa shape index (κ1) is 15.6. The van der Waals surface area contributed by atoms with Gasteiger partial charge < -0.3 is 10.1 Å². The first-order valence-electron chi connectivity index (χ1n) is 6.55. The number of benzene rings is 2. The molecule has 22 heavy (non-hydrogen) atoms. The summed E-state index contributed by atoms with van der Waals surface area (Å²) in [6.07, 6.45) is 0. The number of amides is 1. The molecule has 0 saturated heterocycles. The summed E-state index contributed by atoms with van der Waals surface area (Å²) < 4.78 is 31.1. The third kappa shape index (κ3) is 3.66. The molecular formula is C16H13F2NO3. The van der Waals surface area contributed by atoms with E-state index in [0.717, 1.165) is 12.1 Å². The van der Waals surface area contributed by atoms with Crippen LogP contribution >= 0.6 is 0 Å². The number of halogens is 2. The van der Waals surface area contributed by atoms with E-state index in [9.17, 15) is 18.4 Å². The molecule has 2 rings (SSSR count). The molecule has 6 heteroatoms. The van der Waals surface area contributed by atoms with Crippen molar-refractivity contribution >= 4 is 17.6 Å². The number of hydrogen-bond donors (Lipinski definition) is 1. The van der Waals surface area contributed by atoms with Crippen LogP contribution in [0.15, 0.2) is 42.5 Å². The minimum absolute atomic E-state index is 0.265. The van der Waals surface area contributed by atoms with E-state index in [1.807, 2.05) is 0 Å². The maximum absolute atomic E-state index is 13.5. The second kappa shape index (κ2) is 6.80. The van der Waals surface area contributed by atoms with Gasteiger partial charge in [0.25, 0.3) is 5.91 Å². The average molecular weight is 305 g/mol. The lowest BCUT2D eigenvalue weighted by Crippen LogP contribution is -2.14. The molecule has 4 nitrogen and oxygen atoms in total. The fourth-order valence-electron chi connectivity index (χ4n) is 1.78. The van der Waals surface area contributed by atoms with Gasteiger partial charge in [-0.05, 0) is 43.3 Å². The number of carbonyl (C=O) groups excluding carboxylic acids is 2. The standard InChI is InChI=1S/C16H13F2NO3/c1-2-22-16(21)10-3-6-12(7-4-10)19-15(20)13-8-5-11(17)9-14(13)18/h3-9H,2H2,1H3,(H,19,20). The van der Waals surface area contributed by atoms with Crippen molar-refractivity contribution in [1.82, 2.24) is 0 Å². The second-order valence-corrected chi connectivity index (χ2v) is 4.38. The van der Waals surface area contributed by atoms with Crippen LogP contribution in [0.3, 0.4) is 0 Å². The van der Waals surface area contributed by atoms with Gasteiger partial charge in [0.15, 0.2) is 0 Å². The van der Waals surface area contributed by atoms with Crippen LogP contribution in [0.4, 0.5) is 14.5 Å². The Morgan fingerprint density at radius 3 is 2.36 bits per heavy atom. The van der Waals surface area contributed by atoms with E-state index in [1.165, 1.54) is 24.3 Å². The summed E-state index contributed by atoms with van der Waals surface area (Å²) in [5.41, 5.74) is 0.449. The highest BCUT2D eigenvalue weighted by atomic mass is 19.1. The van der Waals surface area contributed by atoms with E-state index in [2.05, 4.69) is 5.32 Å². The smallest absolute Gasteiger partial charge is 0.338 e. The van der Waals surface area contributed by atoms with Gasteiger partial charge in [0.05, 0.1) is 17.7 Å². The van der Waals surface area contributed by atoms with Crippen LogP contribution in [0.5, 0.6) is 0 Å². The Kier molecular flexibility index (Phi) is 4.83. The number of nitrogens with one attached hydrogen (secondary N) is 1. The zero-order valence-electron chi connectivity index (χ0n) is 11.7. The van der Waals surface area contributed by atoms with E-state index in [-0.39, 0.29) is 12.2 Å². The maximum Gasteiger partial charge on any atom is 0.338 e. The monoisotopic (exact) mass is 305 g/mol. The highest BCUT2D eigenvalue weighted by Gasteiger charge is 2.13. The van der Waals surface area contributed by atoms with Crippen molar-refractivity contribution in [3.05, 3.63) is 65.2 Å². The molecule has 0 aromatic heterocycles. The molecule has 0 aliphatic rings. The normalized spacial score (nSPS) is 10.1. The van der Waals surface area contributed by atoms with Gasteiger partial charge in [-0.2, -0.15) is 0 Å². The third-order valence-electron chi connectivity index (χ3n) is 2.83. The van der Waals surface area contributed by atoms with Crippen LogP contribution in [0.2, 0.25) is 0 Å². The average Bonchev–Trinajstić information content (AvgIpc) is 2.48. The molecule has 2 aromatic carbocycles. The molecule has 0 fully saturated rings. The van der Waals surface area contributed by atoms with Crippen molar-refractivity contribution in [3.8, 4) is 0 Å². The van der Waals surface area contributed by atoms with Crippen LogP contribution in [0.25, 0.3) is 0 Å². The number of anilines is 1. The molecule has 2 aromatic rings. The SMILES string of the molecule is CCOC(=O)c1ccc(NC(=O)c2ccc(F)cc2F)cc1. The van der Waals surface area contributed by atoms with Crippen molar-refractivity contribution < 1.29 is 23.1 Å². The maximum atomic E-state index is 13.5. The van der Waals surface area contributed by atoms with Gasteiger partial charge in [0.1, 0.15) is 11.6 Å². The van der Waals surface area contributed by atoms with E-state index in [1.54, 1.807) is 6.92 Å². The number of carbonyl (C=O) groups is 2. The molecule has 0 bridgehead atoms. The molecule has 114 valence electrons. The van der Waals surface area contributed by atoms with Crippen molar-refractivity contribution in [2.75, 3.05) is 11.9 Å². The van der Waals surface area contributed by atoms with E-state index >= 15 is 0 Å². The van der Waals surface area contributed by atoms with Gasteiger partial charge in [-0.3, -0.25) is 4.79 Å². The summed E-state index contributed by atoms with van der Waals surface area (Å²) in [5, 5.41) is 2.46. The summed E-state index contributed by atoms with van der Waals surface area (Å²) in [6, 6.07) is 8.65. The largest absolute Gasteiger partial charge is 0.462 e. The molecule has 0 atom stereocenters. The number of esters is 1. The Bertz CT molecular complexity index is 699. The summed E-state index contributed by atoms with van der Waals surface area (Å²) in [5.74, 6) is -2.88. The van der Waals surface area contributed by atoms with E-state index < -0.39 is 23.5 Å². The predicted octanol–water partition coefficient (Wildman–Crippen LogP) is 3.39. The zero-order valence-corrected chi connectivity index (χ0v) is 11.7. The molecule has 0 saturated carbocycles. The fraction of sp³-hybridized carbons (Fsp3) is 0.125. The second-order valence-electron chi connectivity index (χ2n) is 4.38. The summed E-state index contributed by atoms with van der Waals surface area (Å²) in [6.45, 7) is 1.96. The zero-order chi connectivity index (χ0) is 16.1. The summed E-state index contributed by atoms with van der Waals surface area (Å²) >= 11 is 0. The Hall–Kier alpha value is -2.76. The summed E-state index contributed by atoms with van der Waals surface area (Å²) in [4.78, 5) is 23.4. The molecule has 0 unspecified atom stereocenters. The van der Waals surface area contributed by atoms with Crippen molar-refractivity contribution in [2.45, 2.75) is 6.92 Å². The highest BCUT2D eigenvalue weighted by molar-refractivity contribution is 6.04. The highest BCUT2D eigenvalue weighted by Crippen LogP contribution is 2.14. The lowest BCUT2D eigenvalue weighted by atomic mass is 10.1. The number of ether oxygens (including phenoxy) is 1. The minimum Gasteiger partial charge on any atom is -0.462 e. The van der Waals surface area contributed by atoms with Crippen LogP contribution < -0.4 is 5.32 Å². The van der Waals surface area contributed by atoms with Crippen LogP contribution in [0.1, 0.15) is 27.6 Å². The Morgan fingerprint density at radius 2 is 1.77 bits per heavy atom. The Labute approximate surface area is 125 Å². The van der Waals surface area contributed by atoms with Crippen molar-refractivity contribution in [2.24, 2.45) is 0 Å². The molecule has 0 spiro atoms. The van der Waals surface area contributed by atoms with E-state index in [4.69, 9.17) is 4.74 Å². The first-order chi connectivity index (χ1) is 10.5. The Balaban J connectivity index is 2.10. The minimum atomic E-state index is -0.944. The van der Waals surface area contributed by atoms with Crippen molar-refractivity contribution in [3.63, 3.8) is 0 Å². The topological polar surface area (TPSA) is 55.4 Å². The van der Waals surface area contributed by atoms with Crippen LogP contribution in [-0.4, -0.2) is 18.5 Å². The van der Waals surface area contributed by atoms with Gasteiger partial charge in [0.2, 0.25) is 0 Å². The van der Waals surface area contributed by atoms with E-state index in [0.29, 0.717) is 17.3 Å². The first-order valence-corrected chi connectivity index (χ1v) is 6.55. The van der Waals surface area contributed by atoms with Gasteiger partial charge in [0, 0.05) is 11.8 Å². The molecule has 0 radical (unpaired) electrons. The molecule has 0 aliphatic heterocycles.